The molecule has 0 aliphatic rings. The molecule has 0 saturated carbocycles. The van der Waals surface area contributed by atoms with E-state index in [0.29, 0.717) is 12.5 Å². The molecule has 5 heteroatoms. The van der Waals surface area contributed by atoms with Gasteiger partial charge in [0.1, 0.15) is 10.8 Å². The maximum atomic E-state index is 5.46. The van der Waals surface area contributed by atoms with Crippen molar-refractivity contribution in [2.75, 3.05) is 11.9 Å². The molecule has 4 nitrogen and oxygen atoms in total. The summed E-state index contributed by atoms with van der Waals surface area (Å²) in [7, 11) is 0. The van der Waals surface area contributed by atoms with Crippen LogP contribution in [0.25, 0.3) is 0 Å². The van der Waals surface area contributed by atoms with E-state index in [2.05, 4.69) is 48.4 Å². The molecule has 0 radical (unpaired) electrons. The van der Waals surface area contributed by atoms with Gasteiger partial charge in [0.25, 0.3) is 0 Å². The van der Waals surface area contributed by atoms with E-state index >= 15 is 0 Å². The van der Waals surface area contributed by atoms with E-state index in [1.165, 1.54) is 5.56 Å². The van der Waals surface area contributed by atoms with Gasteiger partial charge in [0.2, 0.25) is 5.13 Å². The number of nitrogens with zero attached hydrogens (tertiary/aromatic N) is 2. The van der Waals surface area contributed by atoms with Crippen molar-refractivity contribution < 1.29 is 4.74 Å². The van der Waals surface area contributed by atoms with Crippen LogP contribution in [0.15, 0.2) is 24.3 Å². The Balaban J connectivity index is 1.96. The lowest BCUT2D eigenvalue weighted by molar-refractivity contribution is 0.340. The van der Waals surface area contributed by atoms with Crippen molar-refractivity contribution in [1.29, 1.82) is 0 Å². The zero-order valence-electron chi connectivity index (χ0n) is 13.1. The van der Waals surface area contributed by atoms with Crippen molar-refractivity contribution in [3.8, 4) is 5.75 Å². The number of hydrogen-bond acceptors (Lipinski definition) is 5. The highest BCUT2D eigenvalue weighted by atomic mass is 32.1. The highest BCUT2D eigenvalue weighted by Gasteiger charge is 2.10. The molecule has 0 bridgehead atoms. The summed E-state index contributed by atoms with van der Waals surface area (Å²) in [6.07, 6.45) is 0.983. The monoisotopic (exact) mass is 305 g/mol. The van der Waals surface area contributed by atoms with Crippen LogP contribution in [-0.4, -0.2) is 16.8 Å². The Morgan fingerprint density at radius 3 is 2.48 bits per heavy atom. The molecule has 0 fully saturated rings. The molecule has 0 amide bonds. The third kappa shape index (κ3) is 4.70. The Bertz CT molecular complexity index is 551. The first-order valence-corrected chi connectivity index (χ1v) is 8.21. The highest BCUT2D eigenvalue weighted by molar-refractivity contribution is 7.15. The van der Waals surface area contributed by atoms with Gasteiger partial charge in [-0.15, -0.1) is 10.2 Å². The van der Waals surface area contributed by atoms with Gasteiger partial charge >= 0.3 is 0 Å². The predicted octanol–water partition coefficient (Wildman–Crippen LogP) is 4.31. The van der Waals surface area contributed by atoms with Gasteiger partial charge in [-0.2, -0.15) is 0 Å². The topological polar surface area (TPSA) is 47.0 Å². The number of hydrogen-bond donors (Lipinski definition) is 1. The second kappa shape index (κ2) is 7.41. The van der Waals surface area contributed by atoms with E-state index in [4.69, 9.17) is 4.74 Å². The fourth-order valence-electron chi connectivity index (χ4n) is 2.03. The zero-order valence-corrected chi connectivity index (χ0v) is 13.9. The van der Waals surface area contributed by atoms with Gasteiger partial charge in [-0.25, -0.2) is 0 Å². The first-order valence-electron chi connectivity index (χ1n) is 7.40. The Hall–Kier alpha value is -1.62. The summed E-state index contributed by atoms with van der Waals surface area (Å²) in [5.74, 6) is 1.51. The van der Waals surface area contributed by atoms with Crippen LogP contribution in [0.2, 0.25) is 0 Å². The standard InChI is InChI=1S/C16H23N3OS/c1-5-20-14-8-6-13(7-9-14)12(4)17-16-19-18-15(21-16)10-11(2)3/h6-9,11-12H,5,10H2,1-4H3,(H,17,19). The SMILES string of the molecule is CCOc1ccc(C(C)Nc2nnc(CC(C)C)s2)cc1. The first-order chi connectivity index (χ1) is 10.1. The third-order valence-corrected chi connectivity index (χ3v) is 3.96. The lowest BCUT2D eigenvalue weighted by atomic mass is 10.1. The van der Waals surface area contributed by atoms with Gasteiger partial charge in [-0.1, -0.05) is 37.3 Å². The van der Waals surface area contributed by atoms with E-state index in [1.807, 2.05) is 19.1 Å². The molecule has 114 valence electrons. The van der Waals surface area contributed by atoms with Crippen molar-refractivity contribution in [1.82, 2.24) is 10.2 Å². The largest absolute Gasteiger partial charge is 0.494 e. The van der Waals surface area contributed by atoms with Crippen molar-refractivity contribution in [3.63, 3.8) is 0 Å². The van der Waals surface area contributed by atoms with E-state index in [9.17, 15) is 0 Å². The van der Waals surface area contributed by atoms with Crippen LogP contribution >= 0.6 is 11.3 Å². The van der Waals surface area contributed by atoms with Crippen LogP contribution in [0.3, 0.4) is 0 Å². The van der Waals surface area contributed by atoms with E-state index in [-0.39, 0.29) is 6.04 Å². The molecule has 2 aromatic rings. The Kier molecular flexibility index (Phi) is 5.56. The molecule has 1 atom stereocenters. The van der Waals surface area contributed by atoms with Crippen LogP contribution in [0.1, 0.15) is 44.3 Å². The summed E-state index contributed by atoms with van der Waals surface area (Å²) in [6.45, 7) is 9.19. The predicted molar refractivity (Wildman–Crippen MR) is 88.1 cm³/mol. The van der Waals surface area contributed by atoms with Crippen LogP contribution in [0.5, 0.6) is 5.75 Å². The fourth-order valence-corrected chi connectivity index (χ4v) is 3.07. The molecule has 1 aromatic heterocycles. The minimum absolute atomic E-state index is 0.195. The summed E-state index contributed by atoms with van der Waals surface area (Å²) < 4.78 is 5.46. The molecular weight excluding hydrogens is 282 g/mol. The van der Waals surface area contributed by atoms with Crippen molar-refractivity contribution in [3.05, 3.63) is 34.8 Å². The maximum Gasteiger partial charge on any atom is 0.206 e. The number of anilines is 1. The summed E-state index contributed by atoms with van der Waals surface area (Å²) in [4.78, 5) is 0. The van der Waals surface area contributed by atoms with Gasteiger partial charge in [0.15, 0.2) is 0 Å². The van der Waals surface area contributed by atoms with E-state index < -0.39 is 0 Å². The number of nitrogens with one attached hydrogen (secondary N) is 1. The molecule has 1 N–H and O–H groups in total. The minimum Gasteiger partial charge on any atom is -0.494 e. The highest BCUT2D eigenvalue weighted by Crippen LogP contribution is 2.24. The number of aromatic nitrogens is 2. The van der Waals surface area contributed by atoms with Gasteiger partial charge in [-0.3, -0.25) is 0 Å². The smallest absolute Gasteiger partial charge is 0.206 e. The molecule has 2 rings (SSSR count). The van der Waals surface area contributed by atoms with E-state index in [0.717, 1.165) is 22.3 Å². The molecule has 1 aromatic carbocycles. The molecule has 0 saturated heterocycles. The van der Waals surface area contributed by atoms with Crippen LogP contribution < -0.4 is 10.1 Å². The minimum atomic E-state index is 0.195. The van der Waals surface area contributed by atoms with Gasteiger partial charge in [0, 0.05) is 6.42 Å². The third-order valence-electron chi connectivity index (χ3n) is 3.08. The Morgan fingerprint density at radius 2 is 1.86 bits per heavy atom. The second-order valence-corrected chi connectivity index (χ2v) is 6.53. The average molecular weight is 305 g/mol. The quantitative estimate of drug-likeness (QED) is 0.828. The molecule has 1 unspecified atom stereocenters. The molecule has 0 aliphatic carbocycles. The van der Waals surface area contributed by atoms with E-state index in [1.54, 1.807) is 11.3 Å². The lowest BCUT2D eigenvalue weighted by Gasteiger charge is -2.13. The van der Waals surface area contributed by atoms with Crippen LogP contribution in [0.4, 0.5) is 5.13 Å². The fraction of sp³-hybridized carbons (Fsp3) is 0.500. The van der Waals surface area contributed by atoms with Crippen LogP contribution in [0, 0.1) is 5.92 Å². The van der Waals surface area contributed by atoms with Crippen LogP contribution in [-0.2, 0) is 6.42 Å². The Morgan fingerprint density at radius 1 is 1.14 bits per heavy atom. The zero-order chi connectivity index (χ0) is 15.2. The van der Waals surface area contributed by atoms with Gasteiger partial charge in [-0.05, 0) is 37.5 Å². The Labute approximate surface area is 130 Å². The normalized spacial score (nSPS) is 12.4. The van der Waals surface area contributed by atoms with Crippen molar-refractivity contribution >= 4 is 16.5 Å². The number of rotatable bonds is 7. The summed E-state index contributed by atoms with van der Waals surface area (Å²) in [5.41, 5.74) is 1.21. The number of ether oxygens (including phenoxy) is 1. The lowest BCUT2D eigenvalue weighted by Crippen LogP contribution is -2.06. The number of benzene rings is 1. The van der Waals surface area contributed by atoms with Crippen molar-refractivity contribution in [2.24, 2.45) is 5.92 Å². The molecular formula is C16H23N3OS. The van der Waals surface area contributed by atoms with Gasteiger partial charge < -0.3 is 10.1 Å². The summed E-state index contributed by atoms with van der Waals surface area (Å²) >= 11 is 1.64. The summed E-state index contributed by atoms with van der Waals surface area (Å²) in [5, 5.41) is 13.8. The maximum absolute atomic E-state index is 5.46. The average Bonchev–Trinajstić information content (AvgIpc) is 2.86. The summed E-state index contributed by atoms with van der Waals surface area (Å²) in [6, 6.07) is 8.36. The molecule has 21 heavy (non-hydrogen) atoms. The van der Waals surface area contributed by atoms with Gasteiger partial charge in [0.05, 0.1) is 12.6 Å². The molecule has 0 aliphatic heterocycles. The second-order valence-electron chi connectivity index (χ2n) is 5.47. The first kappa shape index (κ1) is 15.8. The molecule has 0 spiro atoms. The van der Waals surface area contributed by atoms with Crippen molar-refractivity contribution in [2.45, 2.75) is 40.2 Å². The molecule has 1 heterocycles.